The van der Waals surface area contributed by atoms with Gasteiger partial charge in [-0.25, -0.2) is 0 Å². The minimum atomic E-state index is 0.172. The van der Waals surface area contributed by atoms with Crippen molar-refractivity contribution in [1.82, 2.24) is 4.90 Å². The number of rotatable bonds is 6. The van der Waals surface area contributed by atoms with Gasteiger partial charge in [0.15, 0.2) is 0 Å². The summed E-state index contributed by atoms with van der Waals surface area (Å²) in [5.41, 5.74) is 1.28. The topological polar surface area (TPSA) is 38.8 Å². The lowest BCUT2D eigenvalue weighted by Gasteiger charge is -2.38. The summed E-state index contributed by atoms with van der Waals surface area (Å²) in [5.74, 6) is 2.21. The molecule has 1 amide bonds. The second-order valence-electron chi connectivity index (χ2n) is 6.88. The minimum Gasteiger partial charge on any atom is -0.497 e. The molecule has 2 fully saturated rings. The van der Waals surface area contributed by atoms with Crippen LogP contribution in [0.4, 0.5) is 0 Å². The maximum Gasteiger partial charge on any atom is 0.219 e. The lowest BCUT2D eigenvalue weighted by atomic mass is 9.88. The Bertz CT molecular complexity index is 524. The van der Waals surface area contributed by atoms with Gasteiger partial charge in [-0.1, -0.05) is 12.1 Å². The molecule has 4 heteroatoms. The molecule has 2 atom stereocenters. The molecule has 3 rings (SSSR count). The van der Waals surface area contributed by atoms with Crippen LogP contribution in [0.15, 0.2) is 24.3 Å². The Morgan fingerprint density at radius 3 is 2.57 bits per heavy atom. The second-order valence-corrected chi connectivity index (χ2v) is 6.88. The number of benzene rings is 1. The van der Waals surface area contributed by atoms with Crippen molar-refractivity contribution in [2.24, 2.45) is 11.8 Å². The van der Waals surface area contributed by atoms with Crippen LogP contribution in [0.5, 0.6) is 5.75 Å². The van der Waals surface area contributed by atoms with Gasteiger partial charge in [0.05, 0.1) is 13.2 Å². The molecule has 1 heterocycles. The Labute approximate surface area is 138 Å². The van der Waals surface area contributed by atoms with Crippen LogP contribution in [0.25, 0.3) is 0 Å². The van der Waals surface area contributed by atoms with E-state index in [4.69, 9.17) is 9.47 Å². The van der Waals surface area contributed by atoms with Crippen molar-refractivity contribution in [3.8, 4) is 5.75 Å². The number of piperidine rings is 1. The zero-order valence-corrected chi connectivity index (χ0v) is 14.2. The van der Waals surface area contributed by atoms with Gasteiger partial charge in [-0.05, 0) is 49.3 Å². The number of hydrogen-bond acceptors (Lipinski definition) is 3. The number of carbonyl (C=O) groups excluding carboxylic acids is 1. The number of methoxy groups -OCH3 is 1. The Morgan fingerprint density at radius 2 is 1.96 bits per heavy atom. The van der Waals surface area contributed by atoms with E-state index in [1.54, 1.807) is 14.0 Å². The summed E-state index contributed by atoms with van der Waals surface area (Å²) in [5, 5.41) is 0. The van der Waals surface area contributed by atoms with Gasteiger partial charge in [-0.15, -0.1) is 0 Å². The van der Waals surface area contributed by atoms with E-state index in [0.29, 0.717) is 5.92 Å². The van der Waals surface area contributed by atoms with Crippen LogP contribution < -0.4 is 4.74 Å². The van der Waals surface area contributed by atoms with Crippen molar-refractivity contribution in [3.05, 3.63) is 29.8 Å². The number of likely N-dealkylation sites (tertiary alicyclic amines) is 1. The first-order chi connectivity index (χ1) is 11.2. The standard InChI is InChI=1S/C19H27NO3/c1-14(21)20-10-9-19(23-13-16-3-4-16)17(12-20)11-15-5-7-18(22-2)8-6-15/h5-8,16-17,19H,3-4,9-13H2,1-2H3/t17-,19+/m1/s1. The quantitative estimate of drug-likeness (QED) is 0.810. The smallest absolute Gasteiger partial charge is 0.219 e. The molecule has 1 saturated heterocycles. The largest absolute Gasteiger partial charge is 0.497 e. The molecule has 126 valence electrons. The van der Waals surface area contributed by atoms with E-state index in [0.717, 1.165) is 44.2 Å². The molecule has 0 aromatic heterocycles. The molecular formula is C19H27NO3. The zero-order chi connectivity index (χ0) is 16.2. The molecule has 1 aromatic rings. The fraction of sp³-hybridized carbons (Fsp3) is 0.632. The second kappa shape index (κ2) is 7.35. The number of ether oxygens (including phenoxy) is 2. The zero-order valence-electron chi connectivity index (χ0n) is 14.2. The Hall–Kier alpha value is -1.55. The SMILES string of the molecule is COc1ccc(C[C@@H]2CN(C(C)=O)CC[C@@H]2OCC2CC2)cc1. The summed E-state index contributed by atoms with van der Waals surface area (Å²) < 4.78 is 11.4. The van der Waals surface area contributed by atoms with Crippen molar-refractivity contribution in [2.75, 3.05) is 26.8 Å². The number of nitrogens with zero attached hydrogens (tertiary/aromatic N) is 1. The Balaban J connectivity index is 1.64. The van der Waals surface area contributed by atoms with Crippen LogP contribution >= 0.6 is 0 Å². The molecule has 0 spiro atoms. The van der Waals surface area contributed by atoms with Gasteiger partial charge in [0.2, 0.25) is 5.91 Å². The lowest BCUT2D eigenvalue weighted by molar-refractivity contribution is -0.134. The van der Waals surface area contributed by atoms with E-state index in [1.165, 1.54) is 18.4 Å². The molecule has 0 N–H and O–H groups in total. The maximum absolute atomic E-state index is 11.7. The van der Waals surface area contributed by atoms with Gasteiger partial charge in [0.1, 0.15) is 5.75 Å². The molecule has 0 radical (unpaired) electrons. The molecule has 1 aliphatic heterocycles. The molecule has 1 aliphatic carbocycles. The first-order valence-corrected chi connectivity index (χ1v) is 8.65. The molecular weight excluding hydrogens is 290 g/mol. The lowest BCUT2D eigenvalue weighted by Crippen LogP contribution is -2.47. The Kier molecular flexibility index (Phi) is 5.21. The summed E-state index contributed by atoms with van der Waals surface area (Å²) in [6, 6.07) is 8.23. The fourth-order valence-electron chi connectivity index (χ4n) is 3.32. The van der Waals surface area contributed by atoms with Gasteiger partial charge < -0.3 is 14.4 Å². The average Bonchev–Trinajstić information content (AvgIpc) is 3.38. The third-order valence-corrected chi connectivity index (χ3v) is 5.01. The van der Waals surface area contributed by atoms with Crippen LogP contribution in [0.3, 0.4) is 0 Å². The normalized spacial score (nSPS) is 24.5. The number of amides is 1. The van der Waals surface area contributed by atoms with Gasteiger partial charge in [0.25, 0.3) is 0 Å². The molecule has 2 aliphatic rings. The highest BCUT2D eigenvalue weighted by Gasteiger charge is 2.32. The van der Waals surface area contributed by atoms with Crippen LogP contribution in [0.1, 0.15) is 31.7 Å². The van der Waals surface area contributed by atoms with E-state index >= 15 is 0 Å². The van der Waals surface area contributed by atoms with E-state index in [2.05, 4.69) is 12.1 Å². The highest BCUT2D eigenvalue weighted by atomic mass is 16.5. The van der Waals surface area contributed by atoms with Gasteiger partial charge in [-0.3, -0.25) is 4.79 Å². The monoisotopic (exact) mass is 317 g/mol. The third-order valence-electron chi connectivity index (χ3n) is 5.01. The Morgan fingerprint density at radius 1 is 1.22 bits per heavy atom. The van der Waals surface area contributed by atoms with Crippen LogP contribution in [-0.2, 0) is 16.0 Å². The predicted octanol–water partition coefficient (Wildman–Crippen LogP) is 2.90. The molecule has 1 aromatic carbocycles. The van der Waals surface area contributed by atoms with Gasteiger partial charge in [-0.2, -0.15) is 0 Å². The summed E-state index contributed by atoms with van der Waals surface area (Å²) in [6.45, 7) is 4.18. The predicted molar refractivity (Wildman–Crippen MR) is 89.5 cm³/mol. The van der Waals surface area contributed by atoms with Crippen LogP contribution in [0, 0.1) is 11.8 Å². The molecule has 0 bridgehead atoms. The molecule has 0 unspecified atom stereocenters. The summed E-state index contributed by atoms with van der Waals surface area (Å²) in [7, 11) is 1.68. The first kappa shape index (κ1) is 16.3. The summed E-state index contributed by atoms with van der Waals surface area (Å²) in [4.78, 5) is 13.7. The highest BCUT2D eigenvalue weighted by Crippen LogP contribution is 2.32. The summed E-state index contributed by atoms with van der Waals surface area (Å²) in [6.07, 6.45) is 4.80. The molecule has 1 saturated carbocycles. The van der Waals surface area contributed by atoms with Crippen molar-refractivity contribution in [1.29, 1.82) is 0 Å². The minimum absolute atomic E-state index is 0.172. The van der Waals surface area contributed by atoms with Crippen LogP contribution in [0.2, 0.25) is 0 Å². The van der Waals surface area contributed by atoms with E-state index < -0.39 is 0 Å². The third kappa shape index (κ3) is 4.47. The van der Waals surface area contributed by atoms with Gasteiger partial charge >= 0.3 is 0 Å². The van der Waals surface area contributed by atoms with E-state index in [1.807, 2.05) is 17.0 Å². The molecule has 23 heavy (non-hydrogen) atoms. The van der Waals surface area contributed by atoms with Crippen molar-refractivity contribution in [2.45, 2.75) is 38.7 Å². The van der Waals surface area contributed by atoms with Crippen LogP contribution in [-0.4, -0.2) is 43.7 Å². The first-order valence-electron chi connectivity index (χ1n) is 8.65. The van der Waals surface area contributed by atoms with E-state index in [9.17, 15) is 4.79 Å². The number of carbonyl (C=O) groups is 1. The maximum atomic E-state index is 11.7. The average molecular weight is 317 g/mol. The highest BCUT2D eigenvalue weighted by molar-refractivity contribution is 5.73. The van der Waals surface area contributed by atoms with Crippen molar-refractivity contribution in [3.63, 3.8) is 0 Å². The van der Waals surface area contributed by atoms with Crippen molar-refractivity contribution < 1.29 is 14.3 Å². The molecule has 4 nitrogen and oxygen atoms in total. The van der Waals surface area contributed by atoms with E-state index in [-0.39, 0.29) is 12.0 Å². The summed E-state index contributed by atoms with van der Waals surface area (Å²) >= 11 is 0. The van der Waals surface area contributed by atoms with Gasteiger partial charge in [0, 0.05) is 32.5 Å². The fourth-order valence-corrected chi connectivity index (χ4v) is 3.32. The number of hydrogen-bond donors (Lipinski definition) is 0. The van der Waals surface area contributed by atoms with Crippen molar-refractivity contribution >= 4 is 5.91 Å².